The lowest BCUT2D eigenvalue weighted by molar-refractivity contribution is 0.136. The topological polar surface area (TPSA) is 69.0 Å². The van der Waals surface area contributed by atoms with Crippen LogP contribution in [0, 0.1) is 0 Å². The second kappa shape index (κ2) is 7.41. The predicted molar refractivity (Wildman–Crippen MR) is 89.5 cm³/mol. The van der Waals surface area contributed by atoms with Gasteiger partial charge in [0.25, 0.3) is 0 Å². The largest absolute Gasteiger partial charge is 0.445 e. The van der Waals surface area contributed by atoms with Crippen molar-refractivity contribution < 1.29 is 9.53 Å². The first-order valence-corrected chi connectivity index (χ1v) is 7.64. The number of hydrogen-bond acceptors (Lipinski definition) is 4. The molecular formula is C18H18N4O2. The summed E-state index contributed by atoms with van der Waals surface area (Å²) in [5, 5.41) is 6.90. The van der Waals surface area contributed by atoms with Crippen molar-refractivity contribution >= 4 is 6.09 Å². The molecule has 1 heterocycles. The summed E-state index contributed by atoms with van der Waals surface area (Å²) in [5.41, 5.74) is 2.85. The Labute approximate surface area is 140 Å². The summed E-state index contributed by atoms with van der Waals surface area (Å²) in [4.78, 5) is 15.8. The van der Waals surface area contributed by atoms with E-state index in [1.807, 2.05) is 61.5 Å². The molecule has 1 atom stereocenters. The highest BCUT2D eigenvalue weighted by Gasteiger charge is 2.11. The van der Waals surface area contributed by atoms with Crippen LogP contribution in [0.15, 0.2) is 67.3 Å². The van der Waals surface area contributed by atoms with Crippen molar-refractivity contribution in [2.75, 3.05) is 0 Å². The molecule has 0 saturated carbocycles. The number of rotatable bonds is 5. The molecule has 6 nitrogen and oxygen atoms in total. The molecular weight excluding hydrogens is 304 g/mol. The molecule has 3 aromatic rings. The van der Waals surface area contributed by atoms with Crippen LogP contribution in [-0.4, -0.2) is 20.9 Å². The minimum atomic E-state index is -0.438. The third-order valence-corrected chi connectivity index (χ3v) is 3.62. The SMILES string of the molecule is CC(NC(=O)OCc1ccccc1)c1ccc(-n2cncn2)cc1. The molecule has 24 heavy (non-hydrogen) atoms. The molecule has 0 aliphatic carbocycles. The lowest BCUT2D eigenvalue weighted by atomic mass is 10.1. The highest BCUT2D eigenvalue weighted by Crippen LogP contribution is 2.15. The van der Waals surface area contributed by atoms with Crippen LogP contribution in [0.2, 0.25) is 0 Å². The van der Waals surface area contributed by atoms with Crippen LogP contribution in [0.5, 0.6) is 0 Å². The van der Waals surface area contributed by atoms with Gasteiger partial charge in [-0.1, -0.05) is 42.5 Å². The number of carbonyl (C=O) groups excluding carboxylic acids is 1. The third kappa shape index (κ3) is 3.98. The summed E-state index contributed by atoms with van der Waals surface area (Å²) in [5.74, 6) is 0. The van der Waals surface area contributed by atoms with Gasteiger partial charge in [0, 0.05) is 0 Å². The smallest absolute Gasteiger partial charge is 0.407 e. The van der Waals surface area contributed by atoms with Crippen molar-refractivity contribution in [1.82, 2.24) is 20.1 Å². The lowest BCUT2D eigenvalue weighted by Gasteiger charge is -2.15. The van der Waals surface area contributed by atoms with Crippen molar-refractivity contribution in [3.63, 3.8) is 0 Å². The van der Waals surface area contributed by atoms with Gasteiger partial charge in [0.15, 0.2) is 0 Å². The first-order valence-electron chi connectivity index (χ1n) is 7.64. The van der Waals surface area contributed by atoms with E-state index in [2.05, 4.69) is 15.4 Å². The molecule has 0 aliphatic heterocycles. The van der Waals surface area contributed by atoms with Gasteiger partial charge in [-0.3, -0.25) is 0 Å². The van der Waals surface area contributed by atoms with Gasteiger partial charge in [-0.05, 0) is 30.2 Å². The van der Waals surface area contributed by atoms with E-state index in [0.29, 0.717) is 0 Å². The minimum absolute atomic E-state index is 0.155. The van der Waals surface area contributed by atoms with E-state index in [4.69, 9.17) is 4.74 Å². The summed E-state index contributed by atoms with van der Waals surface area (Å²) >= 11 is 0. The number of nitrogens with zero attached hydrogens (tertiary/aromatic N) is 3. The summed E-state index contributed by atoms with van der Waals surface area (Å²) in [7, 11) is 0. The molecule has 0 radical (unpaired) electrons. The zero-order valence-electron chi connectivity index (χ0n) is 13.3. The minimum Gasteiger partial charge on any atom is -0.445 e. The molecule has 1 amide bonds. The molecule has 0 bridgehead atoms. The van der Waals surface area contributed by atoms with E-state index in [1.54, 1.807) is 11.0 Å². The molecule has 1 N–H and O–H groups in total. The lowest BCUT2D eigenvalue weighted by Crippen LogP contribution is -2.27. The van der Waals surface area contributed by atoms with E-state index >= 15 is 0 Å². The summed E-state index contributed by atoms with van der Waals surface area (Å²) < 4.78 is 6.91. The fourth-order valence-electron chi connectivity index (χ4n) is 2.28. The van der Waals surface area contributed by atoms with Crippen LogP contribution < -0.4 is 5.32 Å². The van der Waals surface area contributed by atoms with Gasteiger partial charge in [-0.25, -0.2) is 14.5 Å². The summed E-state index contributed by atoms with van der Waals surface area (Å²) in [6.07, 6.45) is 2.69. The van der Waals surface area contributed by atoms with Crippen LogP contribution in [0.25, 0.3) is 5.69 Å². The molecule has 6 heteroatoms. The number of amides is 1. The molecule has 0 spiro atoms. The molecule has 1 unspecified atom stereocenters. The summed E-state index contributed by atoms with van der Waals surface area (Å²) in [6.45, 7) is 2.17. The Bertz CT molecular complexity index is 771. The average molecular weight is 322 g/mol. The molecule has 2 aromatic carbocycles. The first kappa shape index (κ1) is 15.7. The van der Waals surface area contributed by atoms with Crippen LogP contribution in [0.1, 0.15) is 24.1 Å². The third-order valence-electron chi connectivity index (χ3n) is 3.62. The van der Waals surface area contributed by atoms with Crippen molar-refractivity contribution in [2.24, 2.45) is 0 Å². The van der Waals surface area contributed by atoms with E-state index in [-0.39, 0.29) is 12.6 Å². The van der Waals surface area contributed by atoms with E-state index < -0.39 is 6.09 Å². The Morgan fingerprint density at radius 3 is 2.58 bits per heavy atom. The second-order valence-corrected chi connectivity index (χ2v) is 5.36. The Morgan fingerprint density at radius 1 is 1.17 bits per heavy atom. The maximum Gasteiger partial charge on any atom is 0.407 e. The zero-order valence-corrected chi connectivity index (χ0v) is 13.3. The quantitative estimate of drug-likeness (QED) is 0.783. The van der Waals surface area contributed by atoms with Gasteiger partial charge in [-0.15, -0.1) is 0 Å². The molecule has 1 aromatic heterocycles. The monoisotopic (exact) mass is 322 g/mol. The number of carbonyl (C=O) groups is 1. The van der Waals surface area contributed by atoms with E-state index in [9.17, 15) is 4.79 Å². The fourth-order valence-corrected chi connectivity index (χ4v) is 2.28. The van der Waals surface area contributed by atoms with Crippen molar-refractivity contribution in [1.29, 1.82) is 0 Å². The van der Waals surface area contributed by atoms with Gasteiger partial charge in [0.05, 0.1) is 11.7 Å². The van der Waals surface area contributed by atoms with Gasteiger partial charge in [0.1, 0.15) is 19.3 Å². The highest BCUT2D eigenvalue weighted by atomic mass is 16.5. The van der Waals surface area contributed by atoms with Crippen LogP contribution in [-0.2, 0) is 11.3 Å². The number of nitrogens with one attached hydrogen (secondary N) is 1. The Kier molecular flexibility index (Phi) is 4.86. The number of ether oxygens (including phenoxy) is 1. The van der Waals surface area contributed by atoms with Gasteiger partial charge < -0.3 is 10.1 Å². The normalized spacial score (nSPS) is 11.7. The van der Waals surface area contributed by atoms with Crippen molar-refractivity contribution in [3.8, 4) is 5.69 Å². The first-order chi connectivity index (χ1) is 11.7. The Balaban J connectivity index is 1.54. The standard InChI is InChI=1S/C18H18N4O2/c1-14(21-18(23)24-11-15-5-3-2-4-6-15)16-7-9-17(10-8-16)22-13-19-12-20-22/h2-10,12-14H,11H2,1H3,(H,21,23). The second-order valence-electron chi connectivity index (χ2n) is 5.36. The van der Waals surface area contributed by atoms with E-state index in [1.165, 1.54) is 6.33 Å². The van der Waals surface area contributed by atoms with Crippen LogP contribution >= 0.6 is 0 Å². The molecule has 0 fully saturated rings. The number of hydrogen-bond donors (Lipinski definition) is 1. The predicted octanol–water partition coefficient (Wildman–Crippen LogP) is 3.25. The Morgan fingerprint density at radius 2 is 1.92 bits per heavy atom. The van der Waals surface area contributed by atoms with E-state index in [0.717, 1.165) is 16.8 Å². The number of alkyl carbamates (subject to hydrolysis) is 1. The molecule has 0 saturated heterocycles. The van der Waals surface area contributed by atoms with Crippen LogP contribution in [0.3, 0.4) is 0 Å². The van der Waals surface area contributed by atoms with Gasteiger partial charge in [-0.2, -0.15) is 5.10 Å². The van der Waals surface area contributed by atoms with Crippen molar-refractivity contribution in [3.05, 3.63) is 78.4 Å². The number of aromatic nitrogens is 3. The van der Waals surface area contributed by atoms with Crippen LogP contribution in [0.4, 0.5) is 4.79 Å². The zero-order chi connectivity index (χ0) is 16.8. The van der Waals surface area contributed by atoms with Crippen molar-refractivity contribution in [2.45, 2.75) is 19.6 Å². The molecule has 0 aliphatic rings. The molecule has 122 valence electrons. The Hall–Kier alpha value is -3.15. The molecule has 3 rings (SSSR count). The number of benzene rings is 2. The highest BCUT2D eigenvalue weighted by molar-refractivity contribution is 5.67. The average Bonchev–Trinajstić information content (AvgIpc) is 3.16. The van der Waals surface area contributed by atoms with Gasteiger partial charge in [0.2, 0.25) is 0 Å². The fraction of sp³-hybridized carbons (Fsp3) is 0.167. The van der Waals surface area contributed by atoms with Gasteiger partial charge >= 0.3 is 6.09 Å². The maximum absolute atomic E-state index is 11.9. The maximum atomic E-state index is 11.9. The summed E-state index contributed by atoms with van der Waals surface area (Å²) in [6, 6.07) is 17.2.